The summed E-state index contributed by atoms with van der Waals surface area (Å²) >= 11 is 0. The number of fused-ring (bicyclic) bond motifs is 9. The van der Waals surface area contributed by atoms with Crippen molar-refractivity contribution in [2.24, 2.45) is 0 Å². The quantitative estimate of drug-likeness (QED) is 0.174. The molecule has 0 amide bonds. The van der Waals surface area contributed by atoms with E-state index >= 15 is 0 Å². The van der Waals surface area contributed by atoms with Gasteiger partial charge in [-0.15, -0.1) is 0 Å². The molecule has 11 rings (SSSR count). The molecule has 0 N–H and O–H groups in total. The maximum Gasteiger partial charge on any atom is 0.164 e. The van der Waals surface area contributed by atoms with E-state index in [2.05, 4.69) is 146 Å². The summed E-state index contributed by atoms with van der Waals surface area (Å²) in [5, 5.41) is 11.5. The minimum atomic E-state index is 0.598. The lowest BCUT2D eigenvalue weighted by Gasteiger charge is -2.14. The van der Waals surface area contributed by atoms with E-state index in [1.807, 2.05) is 30.3 Å². The Kier molecular flexibility index (Phi) is 6.52. The van der Waals surface area contributed by atoms with Gasteiger partial charge < -0.3 is 4.42 Å². The fourth-order valence-corrected chi connectivity index (χ4v) is 8.05. The fraction of sp³-hybridized carbons (Fsp3) is 0. The van der Waals surface area contributed by atoms with Crippen molar-refractivity contribution in [1.29, 1.82) is 0 Å². The summed E-state index contributed by atoms with van der Waals surface area (Å²) in [7, 11) is 0. The summed E-state index contributed by atoms with van der Waals surface area (Å²) in [6.07, 6.45) is 0. The number of furan rings is 1. The van der Waals surface area contributed by atoms with Gasteiger partial charge in [-0.05, 0) is 78.5 Å². The van der Waals surface area contributed by atoms with Gasteiger partial charge in [0.05, 0.1) is 0 Å². The van der Waals surface area contributed by atoms with Gasteiger partial charge in [0, 0.05) is 27.5 Å². The van der Waals surface area contributed by atoms with Crippen molar-refractivity contribution in [1.82, 2.24) is 15.0 Å². The summed E-state index contributed by atoms with van der Waals surface area (Å²) in [5.74, 6) is 1.84. The Bertz CT molecular complexity index is 3230. The fourth-order valence-electron chi connectivity index (χ4n) is 8.05. The van der Waals surface area contributed by atoms with Crippen LogP contribution < -0.4 is 0 Å². The average Bonchev–Trinajstić information content (AvgIpc) is 3.61. The molecule has 0 aliphatic heterocycles. The molecule has 11 aromatic rings. The Morgan fingerprint density at radius 1 is 0.302 bits per heavy atom. The van der Waals surface area contributed by atoms with E-state index in [0.29, 0.717) is 17.5 Å². The molecule has 0 spiro atoms. The van der Waals surface area contributed by atoms with Crippen LogP contribution in [0.1, 0.15) is 0 Å². The number of hydrogen-bond acceptors (Lipinski definition) is 4. The van der Waals surface area contributed by atoms with Gasteiger partial charge >= 0.3 is 0 Å². The second kappa shape index (κ2) is 11.7. The molecule has 0 aliphatic rings. The maximum absolute atomic E-state index is 6.49. The van der Waals surface area contributed by atoms with Crippen LogP contribution in [0.4, 0.5) is 0 Å². The lowest BCUT2D eigenvalue weighted by Crippen LogP contribution is -2.01. The van der Waals surface area contributed by atoms with Crippen LogP contribution in [0, 0.1) is 0 Å². The monoisotopic (exact) mass is 675 g/mol. The highest BCUT2D eigenvalue weighted by molar-refractivity contribution is 6.23. The number of nitrogens with zero attached hydrogens (tertiary/aromatic N) is 3. The van der Waals surface area contributed by atoms with Crippen LogP contribution in [-0.4, -0.2) is 15.0 Å². The van der Waals surface area contributed by atoms with E-state index in [4.69, 9.17) is 19.4 Å². The van der Waals surface area contributed by atoms with Crippen molar-refractivity contribution in [3.8, 4) is 45.3 Å². The molecule has 0 radical (unpaired) electrons. The van der Waals surface area contributed by atoms with Gasteiger partial charge in [-0.25, -0.2) is 15.0 Å². The maximum atomic E-state index is 6.49. The largest absolute Gasteiger partial charge is 0.456 e. The molecule has 0 unspecified atom stereocenters. The molecule has 0 aliphatic carbocycles. The summed E-state index contributed by atoms with van der Waals surface area (Å²) in [5.41, 5.74) is 6.71. The first-order valence-electron chi connectivity index (χ1n) is 17.9. The molecule has 4 heteroatoms. The molecule has 9 aromatic carbocycles. The highest BCUT2D eigenvalue weighted by atomic mass is 16.3. The van der Waals surface area contributed by atoms with E-state index in [-0.39, 0.29) is 0 Å². The zero-order valence-electron chi connectivity index (χ0n) is 28.5. The second-order valence-corrected chi connectivity index (χ2v) is 13.5. The summed E-state index contributed by atoms with van der Waals surface area (Å²) in [4.78, 5) is 15.7. The molecule has 2 heterocycles. The number of rotatable bonds is 4. The predicted molar refractivity (Wildman–Crippen MR) is 219 cm³/mol. The minimum Gasteiger partial charge on any atom is -0.456 e. The van der Waals surface area contributed by atoms with Crippen molar-refractivity contribution in [2.75, 3.05) is 0 Å². The van der Waals surface area contributed by atoms with Crippen molar-refractivity contribution >= 4 is 65.0 Å². The molecular weight excluding hydrogens is 647 g/mol. The summed E-state index contributed by atoms with van der Waals surface area (Å²) in [6, 6.07) is 61.6. The first-order valence-corrected chi connectivity index (χ1v) is 17.9. The third-order valence-corrected chi connectivity index (χ3v) is 10.5. The van der Waals surface area contributed by atoms with Gasteiger partial charge in [0.25, 0.3) is 0 Å². The highest BCUT2D eigenvalue weighted by Crippen LogP contribution is 2.41. The van der Waals surface area contributed by atoms with Crippen LogP contribution in [0.25, 0.3) is 110 Å². The van der Waals surface area contributed by atoms with Gasteiger partial charge in [0.2, 0.25) is 0 Å². The van der Waals surface area contributed by atoms with Gasteiger partial charge in [-0.1, -0.05) is 152 Å². The first-order chi connectivity index (χ1) is 26.3. The molecule has 4 nitrogen and oxygen atoms in total. The molecule has 2 aromatic heterocycles. The van der Waals surface area contributed by atoms with Crippen molar-refractivity contribution in [3.63, 3.8) is 0 Å². The van der Waals surface area contributed by atoms with Gasteiger partial charge in [-0.3, -0.25) is 0 Å². The molecule has 53 heavy (non-hydrogen) atoms. The average molecular weight is 676 g/mol. The van der Waals surface area contributed by atoms with Crippen LogP contribution in [0.3, 0.4) is 0 Å². The lowest BCUT2D eigenvalue weighted by atomic mass is 9.93. The highest BCUT2D eigenvalue weighted by Gasteiger charge is 2.20. The SMILES string of the molecule is c1ccc(-c2nc(-c3cc4ccc5ccccc5c4c4ccccc34)nc(-c3cccc4oc5ccc(-c6cccc7ccccc67)cc5c34)n2)cc1. The van der Waals surface area contributed by atoms with E-state index in [9.17, 15) is 0 Å². The predicted octanol–water partition coefficient (Wildman–Crippen LogP) is 13.1. The van der Waals surface area contributed by atoms with Crippen LogP contribution in [-0.2, 0) is 0 Å². The normalized spacial score (nSPS) is 11.8. The van der Waals surface area contributed by atoms with Crippen LogP contribution in [0.5, 0.6) is 0 Å². The molecule has 0 atom stereocenters. The second-order valence-electron chi connectivity index (χ2n) is 13.5. The van der Waals surface area contributed by atoms with Crippen molar-refractivity contribution in [2.45, 2.75) is 0 Å². The van der Waals surface area contributed by atoms with E-state index in [1.54, 1.807) is 0 Å². The zero-order chi connectivity index (χ0) is 34.9. The minimum absolute atomic E-state index is 0.598. The molecule has 0 fully saturated rings. The third kappa shape index (κ3) is 4.73. The van der Waals surface area contributed by atoms with E-state index in [0.717, 1.165) is 55.0 Å². The summed E-state index contributed by atoms with van der Waals surface area (Å²) in [6.45, 7) is 0. The molecule has 246 valence electrons. The van der Waals surface area contributed by atoms with Crippen molar-refractivity contribution in [3.05, 3.63) is 176 Å². The topological polar surface area (TPSA) is 51.8 Å². The zero-order valence-corrected chi connectivity index (χ0v) is 28.5. The lowest BCUT2D eigenvalue weighted by molar-refractivity contribution is 0.669. The Labute approximate surface area is 304 Å². The Hall–Kier alpha value is -7.17. The molecule has 0 bridgehead atoms. The third-order valence-electron chi connectivity index (χ3n) is 10.5. The molecular formula is C49H29N3O. The molecule has 0 saturated heterocycles. The van der Waals surface area contributed by atoms with Crippen LogP contribution in [0.15, 0.2) is 180 Å². The number of hydrogen-bond donors (Lipinski definition) is 0. The standard InChI is InChI=1S/C49H29N3O/c1-2-14-32(15-3-1)47-50-48(52-49(51-47)41-29-34-25-24-31-13-5-7-18-37(31)45(34)39-20-9-8-19-38(39)41)40-22-11-23-44-46(40)42-28-33(26-27-43(42)53-44)36-21-10-16-30-12-4-6-17-35(30)36/h1-29H. The number of aromatic nitrogens is 3. The smallest absolute Gasteiger partial charge is 0.164 e. The Morgan fingerprint density at radius 3 is 1.77 bits per heavy atom. The van der Waals surface area contributed by atoms with E-state index in [1.165, 1.54) is 37.9 Å². The van der Waals surface area contributed by atoms with Gasteiger partial charge in [0.15, 0.2) is 17.5 Å². The first kappa shape index (κ1) is 29.5. The Balaban J connectivity index is 1.18. The van der Waals surface area contributed by atoms with E-state index < -0.39 is 0 Å². The number of benzene rings is 9. The molecule has 0 saturated carbocycles. The van der Waals surface area contributed by atoms with Crippen molar-refractivity contribution < 1.29 is 4.42 Å². The van der Waals surface area contributed by atoms with Gasteiger partial charge in [0.1, 0.15) is 11.2 Å². The van der Waals surface area contributed by atoms with Crippen LogP contribution in [0.2, 0.25) is 0 Å². The van der Waals surface area contributed by atoms with Gasteiger partial charge in [-0.2, -0.15) is 0 Å². The Morgan fingerprint density at radius 2 is 0.925 bits per heavy atom. The van der Waals surface area contributed by atoms with Crippen LogP contribution >= 0.6 is 0 Å². The summed E-state index contributed by atoms with van der Waals surface area (Å²) < 4.78 is 6.49.